The lowest BCUT2D eigenvalue weighted by Gasteiger charge is -2.08. The van der Waals surface area contributed by atoms with Gasteiger partial charge in [-0.05, 0) is 41.3 Å². The van der Waals surface area contributed by atoms with Crippen molar-refractivity contribution >= 4 is 11.6 Å². The quantitative estimate of drug-likeness (QED) is 0.884. The molecule has 0 amide bonds. The van der Waals surface area contributed by atoms with Crippen molar-refractivity contribution in [3.05, 3.63) is 64.4 Å². The minimum Gasteiger partial charge on any atom is -0.326 e. The first-order valence-electron chi connectivity index (χ1n) is 5.16. The van der Waals surface area contributed by atoms with E-state index in [1.165, 1.54) is 11.1 Å². The maximum Gasteiger partial charge on any atom is 0.0409 e. The Labute approximate surface area is 100 Å². The summed E-state index contributed by atoms with van der Waals surface area (Å²) < 4.78 is 0. The molecule has 0 spiro atoms. The standard InChI is InChI=1S/C13H13ClN2/c14-13-4-3-11(8-15)12(7-13)6-10-2-1-5-16-9-10/h1-5,7,9H,6,8,15H2. The van der Waals surface area contributed by atoms with Crippen LogP contribution in [0.4, 0.5) is 0 Å². The predicted octanol–water partition coefficient (Wildman–Crippen LogP) is 2.78. The van der Waals surface area contributed by atoms with Crippen molar-refractivity contribution < 1.29 is 0 Å². The average molecular weight is 233 g/mol. The molecule has 0 unspecified atom stereocenters. The molecule has 0 aliphatic heterocycles. The van der Waals surface area contributed by atoms with Crippen LogP contribution in [-0.2, 0) is 13.0 Å². The highest BCUT2D eigenvalue weighted by atomic mass is 35.5. The van der Waals surface area contributed by atoms with Gasteiger partial charge in [-0.15, -0.1) is 0 Å². The molecule has 0 fully saturated rings. The molecule has 0 saturated heterocycles. The number of benzene rings is 1. The lowest BCUT2D eigenvalue weighted by molar-refractivity contribution is 1.01. The van der Waals surface area contributed by atoms with Crippen molar-refractivity contribution in [1.29, 1.82) is 0 Å². The lowest BCUT2D eigenvalue weighted by atomic mass is 10.0. The van der Waals surface area contributed by atoms with Gasteiger partial charge in [0, 0.05) is 24.0 Å². The van der Waals surface area contributed by atoms with Crippen LogP contribution in [0, 0.1) is 0 Å². The summed E-state index contributed by atoms with van der Waals surface area (Å²) in [5, 5.41) is 0.746. The van der Waals surface area contributed by atoms with Crippen molar-refractivity contribution in [2.24, 2.45) is 5.73 Å². The zero-order valence-corrected chi connectivity index (χ0v) is 9.61. The van der Waals surface area contributed by atoms with Crippen LogP contribution in [0.5, 0.6) is 0 Å². The molecule has 2 aromatic rings. The van der Waals surface area contributed by atoms with Crippen LogP contribution in [0.2, 0.25) is 5.02 Å². The maximum atomic E-state index is 5.98. The van der Waals surface area contributed by atoms with Gasteiger partial charge in [0.15, 0.2) is 0 Å². The van der Waals surface area contributed by atoms with Gasteiger partial charge in [0.1, 0.15) is 0 Å². The predicted molar refractivity (Wildman–Crippen MR) is 66.4 cm³/mol. The number of rotatable bonds is 3. The van der Waals surface area contributed by atoms with Gasteiger partial charge in [-0.1, -0.05) is 23.7 Å². The third-order valence-electron chi connectivity index (χ3n) is 2.51. The minimum atomic E-state index is 0.534. The highest BCUT2D eigenvalue weighted by Gasteiger charge is 2.03. The fourth-order valence-corrected chi connectivity index (χ4v) is 1.88. The van der Waals surface area contributed by atoms with Crippen LogP contribution in [0.15, 0.2) is 42.7 Å². The largest absolute Gasteiger partial charge is 0.326 e. The summed E-state index contributed by atoms with van der Waals surface area (Å²) in [5.41, 5.74) is 9.16. The Morgan fingerprint density at radius 1 is 1.19 bits per heavy atom. The molecule has 2 rings (SSSR count). The molecule has 0 aliphatic rings. The van der Waals surface area contributed by atoms with E-state index in [2.05, 4.69) is 4.98 Å². The van der Waals surface area contributed by atoms with Crippen LogP contribution in [0.3, 0.4) is 0 Å². The Hall–Kier alpha value is -1.38. The molecule has 0 aliphatic carbocycles. The molecule has 16 heavy (non-hydrogen) atoms. The van der Waals surface area contributed by atoms with E-state index < -0.39 is 0 Å². The number of hydrogen-bond acceptors (Lipinski definition) is 2. The van der Waals surface area contributed by atoms with Gasteiger partial charge in [-0.2, -0.15) is 0 Å². The van der Waals surface area contributed by atoms with Crippen molar-refractivity contribution in [3.63, 3.8) is 0 Å². The average Bonchev–Trinajstić information content (AvgIpc) is 2.31. The van der Waals surface area contributed by atoms with Gasteiger partial charge in [-0.3, -0.25) is 4.98 Å². The van der Waals surface area contributed by atoms with Crippen LogP contribution in [0.1, 0.15) is 16.7 Å². The zero-order valence-electron chi connectivity index (χ0n) is 8.86. The van der Waals surface area contributed by atoms with Crippen LogP contribution in [-0.4, -0.2) is 4.98 Å². The van der Waals surface area contributed by atoms with Gasteiger partial charge in [-0.25, -0.2) is 0 Å². The Kier molecular flexibility index (Phi) is 3.54. The molecule has 1 aromatic heterocycles. The minimum absolute atomic E-state index is 0.534. The summed E-state index contributed by atoms with van der Waals surface area (Å²) in [6.45, 7) is 0.534. The molecule has 1 aromatic carbocycles. The van der Waals surface area contributed by atoms with Crippen molar-refractivity contribution in [3.8, 4) is 0 Å². The first kappa shape index (κ1) is 11.1. The third kappa shape index (κ3) is 2.60. The second-order valence-corrected chi connectivity index (χ2v) is 4.09. The lowest BCUT2D eigenvalue weighted by Crippen LogP contribution is -2.02. The molecular formula is C13H13ClN2. The number of halogens is 1. The maximum absolute atomic E-state index is 5.98. The van der Waals surface area contributed by atoms with E-state index in [1.807, 2.05) is 36.5 Å². The van der Waals surface area contributed by atoms with Crippen LogP contribution >= 0.6 is 11.6 Å². The summed E-state index contributed by atoms with van der Waals surface area (Å²) in [5.74, 6) is 0. The molecule has 2 nitrogen and oxygen atoms in total. The highest BCUT2D eigenvalue weighted by Crippen LogP contribution is 2.18. The van der Waals surface area contributed by atoms with Gasteiger partial charge < -0.3 is 5.73 Å². The van der Waals surface area contributed by atoms with E-state index in [1.54, 1.807) is 6.20 Å². The second kappa shape index (κ2) is 5.10. The van der Waals surface area contributed by atoms with E-state index in [4.69, 9.17) is 17.3 Å². The van der Waals surface area contributed by atoms with E-state index in [0.717, 1.165) is 17.0 Å². The Morgan fingerprint density at radius 2 is 2.06 bits per heavy atom. The molecule has 0 saturated carbocycles. The number of hydrogen-bond donors (Lipinski definition) is 1. The van der Waals surface area contributed by atoms with Crippen molar-refractivity contribution in [1.82, 2.24) is 4.98 Å². The summed E-state index contributed by atoms with van der Waals surface area (Å²) >= 11 is 5.98. The Balaban J connectivity index is 2.30. The van der Waals surface area contributed by atoms with Crippen LogP contribution < -0.4 is 5.73 Å². The summed E-state index contributed by atoms with van der Waals surface area (Å²) in [4.78, 5) is 4.09. The molecular weight excluding hydrogens is 220 g/mol. The number of aromatic nitrogens is 1. The topological polar surface area (TPSA) is 38.9 Å². The second-order valence-electron chi connectivity index (χ2n) is 3.66. The third-order valence-corrected chi connectivity index (χ3v) is 2.74. The molecule has 0 atom stereocenters. The molecule has 0 radical (unpaired) electrons. The van der Waals surface area contributed by atoms with Gasteiger partial charge in [0.2, 0.25) is 0 Å². The first-order valence-corrected chi connectivity index (χ1v) is 5.53. The van der Waals surface area contributed by atoms with Gasteiger partial charge >= 0.3 is 0 Å². The fraction of sp³-hybridized carbons (Fsp3) is 0.154. The monoisotopic (exact) mass is 232 g/mol. The van der Waals surface area contributed by atoms with E-state index in [-0.39, 0.29) is 0 Å². The number of nitrogens with zero attached hydrogens (tertiary/aromatic N) is 1. The summed E-state index contributed by atoms with van der Waals surface area (Å²) in [6, 6.07) is 9.80. The molecule has 0 bridgehead atoms. The van der Waals surface area contributed by atoms with Crippen molar-refractivity contribution in [2.75, 3.05) is 0 Å². The van der Waals surface area contributed by atoms with Crippen molar-refractivity contribution in [2.45, 2.75) is 13.0 Å². The Bertz CT molecular complexity index is 469. The first-order chi connectivity index (χ1) is 7.79. The van der Waals surface area contributed by atoms with Crippen LogP contribution in [0.25, 0.3) is 0 Å². The molecule has 3 heteroatoms. The number of nitrogens with two attached hydrogens (primary N) is 1. The Morgan fingerprint density at radius 3 is 2.75 bits per heavy atom. The van der Waals surface area contributed by atoms with E-state index in [9.17, 15) is 0 Å². The normalized spacial score (nSPS) is 10.4. The smallest absolute Gasteiger partial charge is 0.0409 e. The fourth-order valence-electron chi connectivity index (χ4n) is 1.68. The van der Waals surface area contributed by atoms with E-state index >= 15 is 0 Å². The van der Waals surface area contributed by atoms with E-state index in [0.29, 0.717) is 6.54 Å². The summed E-state index contributed by atoms with van der Waals surface area (Å²) in [7, 11) is 0. The molecule has 82 valence electrons. The summed E-state index contributed by atoms with van der Waals surface area (Å²) in [6.07, 6.45) is 4.45. The van der Waals surface area contributed by atoms with Gasteiger partial charge in [0.05, 0.1) is 0 Å². The highest BCUT2D eigenvalue weighted by molar-refractivity contribution is 6.30. The molecule has 2 N–H and O–H groups in total. The number of pyridine rings is 1. The van der Waals surface area contributed by atoms with Gasteiger partial charge in [0.25, 0.3) is 0 Å². The molecule has 1 heterocycles. The SMILES string of the molecule is NCc1ccc(Cl)cc1Cc1cccnc1. The zero-order chi connectivity index (χ0) is 11.4.